The van der Waals surface area contributed by atoms with E-state index in [-0.39, 0.29) is 18.0 Å². The number of aryl methyl sites for hydroxylation is 1. The van der Waals surface area contributed by atoms with Crippen molar-refractivity contribution < 1.29 is 18.3 Å². The lowest BCUT2D eigenvalue weighted by Crippen LogP contribution is -2.10. The van der Waals surface area contributed by atoms with E-state index < -0.39 is 6.61 Å². The van der Waals surface area contributed by atoms with Crippen LogP contribution in [0, 0.1) is 6.92 Å². The number of alkyl halides is 2. The number of nitrogens with one attached hydrogen (secondary N) is 1. The van der Waals surface area contributed by atoms with Gasteiger partial charge in [-0.15, -0.1) is 0 Å². The second-order valence-electron chi connectivity index (χ2n) is 5.30. The van der Waals surface area contributed by atoms with Crippen LogP contribution in [0.3, 0.4) is 0 Å². The summed E-state index contributed by atoms with van der Waals surface area (Å²) in [5.41, 5.74) is 2.21. The minimum absolute atomic E-state index is 0.0310. The number of nitrogens with zero attached hydrogens (tertiary/aromatic N) is 3. The summed E-state index contributed by atoms with van der Waals surface area (Å²) in [5, 5.41) is 7.46. The van der Waals surface area contributed by atoms with Crippen LogP contribution in [-0.4, -0.2) is 27.8 Å². The average molecular weight is 348 g/mol. The van der Waals surface area contributed by atoms with E-state index in [9.17, 15) is 8.78 Å². The molecular weight excluding hydrogens is 330 g/mol. The van der Waals surface area contributed by atoms with Gasteiger partial charge in [-0.25, -0.2) is 9.50 Å². The van der Waals surface area contributed by atoms with Crippen molar-refractivity contribution in [2.75, 3.05) is 11.9 Å². The van der Waals surface area contributed by atoms with Crippen molar-refractivity contribution >= 4 is 11.3 Å². The van der Waals surface area contributed by atoms with Gasteiger partial charge < -0.3 is 14.8 Å². The summed E-state index contributed by atoms with van der Waals surface area (Å²) in [6.07, 6.45) is 3.36. The standard InChI is InChI=1S/C17H18F2N4O2/c1-3-24-14-6-4-5-12(15(14)25-17(18)19)10-21-16-13-9-11(2)22-23(13)8-7-20-16/h4-9,17H,3,10H2,1-2H3,(H,20,21). The third kappa shape index (κ3) is 3.78. The number of fused-ring (bicyclic) bond motifs is 1. The van der Waals surface area contributed by atoms with Gasteiger partial charge in [0.25, 0.3) is 0 Å². The smallest absolute Gasteiger partial charge is 0.387 e. The molecule has 0 unspecified atom stereocenters. The molecule has 0 fully saturated rings. The van der Waals surface area contributed by atoms with Crippen LogP contribution in [0.1, 0.15) is 18.2 Å². The molecule has 2 heterocycles. The number of aromatic nitrogens is 3. The van der Waals surface area contributed by atoms with Crippen LogP contribution in [0.2, 0.25) is 0 Å². The summed E-state index contributed by atoms with van der Waals surface area (Å²) in [7, 11) is 0. The molecule has 0 saturated carbocycles. The van der Waals surface area contributed by atoms with E-state index in [4.69, 9.17) is 4.74 Å². The molecule has 8 heteroatoms. The molecule has 1 N–H and O–H groups in total. The molecule has 0 aliphatic heterocycles. The zero-order chi connectivity index (χ0) is 17.8. The van der Waals surface area contributed by atoms with Gasteiger partial charge in [-0.3, -0.25) is 0 Å². The number of para-hydroxylation sites is 1. The molecule has 3 aromatic rings. The third-order valence-electron chi connectivity index (χ3n) is 3.53. The van der Waals surface area contributed by atoms with E-state index in [2.05, 4.69) is 20.1 Å². The Balaban J connectivity index is 1.88. The second kappa shape index (κ2) is 7.33. The van der Waals surface area contributed by atoms with Crippen molar-refractivity contribution in [1.29, 1.82) is 0 Å². The number of hydrogen-bond acceptors (Lipinski definition) is 5. The first kappa shape index (κ1) is 16.9. The molecule has 0 spiro atoms. The predicted octanol–water partition coefficient (Wildman–Crippen LogP) is 3.65. The molecule has 0 radical (unpaired) electrons. The van der Waals surface area contributed by atoms with Gasteiger partial charge >= 0.3 is 6.61 Å². The number of halogens is 2. The Morgan fingerprint density at radius 3 is 2.92 bits per heavy atom. The van der Waals surface area contributed by atoms with Crippen LogP contribution in [-0.2, 0) is 6.54 Å². The van der Waals surface area contributed by atoms with E-state index in [1.165, 1.54) is 0 Å². The highest BCUT2D eigenvalue weighted by molar-refractivity contribution is 5.68. The molecule has 3 rings (SSSR count). The Morgan fingerprint density at radius 1 is 1.32 bits per heavy atom. The van der Waals surface area contributed by atoms with Crippen LogP contribution in [0.25, 0.3) is 5.52 Å². The topological polar surface area (TPSA) is 60.7 Å². The molecule has 0 aliphatic carbocycles. The molecular formula is C17H18F2N4O2. The predicted molar refractivity (Wildman–Crippen MR) is 89.3 cm³/mol. The Labute approximate surface area is 143 Å². The largest absolute Gasteiger partial charge is 0.490 e. The molecule has 0 bridgehead atoms. The van der Waals surface area contributed by atoms with E-state index in [0.29, 0.717) is 18.0 Å². The molecule has 132 valence electrons. The molecule has 2 aromatic heterocycles. The minimum atomic E-state index is -2.93. The summed E-state index contributed by atoms with van der Waals surface area (Å²) in [5.74, 6) is 0.921. The van der Waals surface area contributed by atoms with Crippen LogP contribution in [0.15, 0.2) is 36.7 Å². The lowest BCUT2D eigenvalue weighted by atomic mass is 10.2. The molecule has 0 atom stereocenters. The molecule has 0 amide bonds. The van der Waals surface area contributed by atoms with Crippen LogP contribution >= 0.6 is 0 Å². The molecule has 0 saturated heterocycles. The molecule has 6 nitrogen and oxygen atoms in total. The lowest BCUT2D eigenvalue weighted by molar-refractivity contribution is -0.0520. The van der Waals surface area contributed by atoms with E-state index in [0.717, 1.165) is 11.2 Å². The van der Waals surface area contributed by atoms with Crippen LogP contribution in [0.4, 0.5) is 14.6 Å². The summed E-state index contributed by atoms with van der Waals surface area (Å²) >= 11 is 0. The van der Waals surface area contributed by atoms with Gasteiger partial charge in [-0.2, -0.15) is 13.9 Å². The van der Waals surface area contributed by atoms with Gasteiger partial charge in [0.05, 0.1) is 12.3 Å². The van der Waals surface area contributed by atoms with Gasteiger partial charge in [0.1, 0.15) is 5.52 Å². The number of rotatable bonds is 7. The fraction of sp³-hybridized carbons (Fsp3) is 0.294. The van der Waals surface area contributed by atoms with Crippen LogP contribution < -0.4 is 14.8 Å². The number of benzene rings is 1. The van der Waals surface area contributed by atoms with Crippen molar-refractivity contribution in [2.24, 2.45) is 0 Å². The highest BCUT2D eigenvalue weighted by Gasteiger charge is 2.16. The Bertz CT molecular complexity index is 867. The monoisotopic (exact) mass is 348 g/mol. The highest BCUT2D eigenvalue weighted by Crippen LogP contribution is 2.33. The first-order chi connectivity index (χ1) is 12.1. The Morgan fingerprint density at radius 2 is 2.16 bits per heavy atom. The van der Waals surface area contributed by atoms with Crippen molar-refractivity contribution in [2.45, 2.75) is 27.0 Å². The quantitative estimate of drug-likeness (QED) is 0.706. The SMILES string of the molecule is CCOc1cccc(CNc2nccn3nc(C)cc23)c1OC(F)F. The molecule has 0 aliphatic rings. The van der Waals surface area contributed by atoms with Crippen molar-refractivity contribution in [3.63, 3.8) is 0 Å². The second-order valence-corrected chi connectivity index (χ2v) is 5.30. The van der Waals surface area contributed by atoms with Gasteiger partial charge in [0.15, 0.2) is 17.3 Å². The fourth-order valence-corrected chi connectivity index (χ4v) is 2.55. The average Bonchev–Trinajstić information content (AvgIpc) is 2.95. The highest BCUT2D eigenvalue weighted by atomic mass is 19.3. The van der Waals surface area contributed by atoms with E-state index >= 15 is 0 Å². The summed E-state index contributed by atoms with van der Waals surface area (Å²) in [4.78, 5) is 4.29. The van der Waals surface area contributed by atoms with Gasteiger partial charge in [-0.05, 0) is 26.0 Å². The summed E-state index contributed by atoms with van der Waals surface area (Å²) in [6.45, 7) is 1.34. The van der Waals surface area contributed by atoms with Crippen LogP contribution in [0.5, 0.6) is 11.5 Å². The Hall–Kier alpha value is -2.90. The fourth-order valence-electron chi connectivity index (χ4n) is 2.55. The first-order valence-electron chi connectivity index (χ1n) is 7.83. The normalized spacial score (nSPS) is 11.1. The number of hydrogen-bond donors (Lipinski definition) is 1. The maximum Gasteiger partial charge on any atom is 0.387 e. The first-order valence-corrected chi connectivity index (χ1v) is 7.83. The van der Waals surface area contributed by atoms with Gasteiger partial charge in [0.2, 0.25) is 0 Å². The maximum absolute atomic E-state index is 12.8. The van der Waals surface area contributed by atoms with Gasteiger partial charge in [0, 0.05) is 24.5 Å². The lowest BCUT2D eigenvalue weighted by Gasteiger charge is -2.16. The van der Waals surface area contributed by atoms with Gasteiger partial charge in [-0.1, -0.05) is 12.1 Å². The molecule has 1 aromatic carbocycles. The third-order valence-corrected chi connectivity index (χ3v) is 3.53. The zero-order valence-electron chi connectivity index (χ0n) is 13.9. The van der Waals surface area contributed by atoms with Crippen molar-refractivity contribution in [3.8, 4) is 11.5 Å². The zero-order valence-corrected chi connectivity index (χ0v) is 13.9. The van der Waals surface area contributed by atoms with E-state index in [1.54, 1.807) is 42.0 Å². The summed E-state index contributed by atoms with van der Waals surface area (Å²) in [6, 6.07) is 6.93. The number of anilines is 1. The maximum atomic E-state index is 12.8. The molecule has 25 heavy (non-hydrogen) atoms. The van der Waals surface area contributed by atoms with Crippen molar-refractivity contribution in [3.05, 3.63) is 47.9 Å². The Kier molecular flexibility index (Phi) is 4.97. The van der Waals surface area contributed by atoms with E-state index in [1.807, 2.05) is 13.0 Å². The van der Waals surface area contributed by atoms with Crippen molar-refractivity contribution in [1.82, 2.24) is 14.6 Å². The summed E-state index contributed by atoms with van der Waals surface area (Å²) < 4.78 is 37.3. The minimum Gasteiger partial charge on any atom is -0.490 e. The number of ether oxygens (including phenoxy) is 2.